The molecule has 0 aromatic rings. The summed E-state index contributed by atoms with van der Waals surface area (Å²) < 4.78 is 9.79. The first-order valence-corrected chi connectivity index (χ1v) is 5.71. The smallest absolute Gasteiger partial charge is 0.478 e. The summed E-state index contributed by atoms with van der Waals surface area (Å²) in [6.45, 7) is 0.314. The van der Waals surface area contributed by atoms with Crippen LogP contribution in [0, 0.1) is 0 Å². The minimum atomic E-state index is -1.23. The Balaban J connectivity index is 2.33. The van der Waals surface area contributed by atoms with Gasteiger partial charge in [-0.15, -0.1) is 0 Å². The summed E-state index contributed by atoms with van der Waals surface area (Å²) >= 11 is 0. The third kappa shape index (κ3) is 4.90. The van der Waals surface area contributed by atoms with Crippen LogP contribution in [0.5, 0.6) is 0 Å². The lowest BCUT2D eigenvalue weighted by molar-refractivity contribution is -0.139. The van der Waals surface area contributed by atoms with Crippen LogP contribution in [0.2, 0.25) is 0 Å². The maximum atomic E-state index is 11.2. The fraction of sp³-hybridized carbons (Fsp3) is 0.778. The largest absolute Gasteiger partial charge is 0.481 e. The fourth-order valence-electron chi connectivity index (χ4n) is 1.70. The van der Waals surface area contributed by atoms with Gasteiger partial charge in [0, 0.05) is 6.54 Å². The number of hydrogen-bond donors (Lipinski definition) is 4. The third-order valence-corrected chi connectivity index (χ3v) is 2.53. The lowest BCUT2D eigenvalue weighted by Crippen LogP contribution is -2.53. The van der Waals surface area contributed by atoms with E-state index >= 15 is 0 Å². The van der Waals surface area contributed by atoms with Crippen molar-refractivity contribution in [1.29, 1.82) is 0 Å². The summed E-state index contributed by atoms with van der Waals surface area (Å²) in [5.74, 6) is -1.58. The number of alkyl carbamates (subject to hydrolysis) is 1. The average molecular weight is 260 g/mol. The highest BCUT2D eigenvalue weighted by atomic mass is 16.6. The number of hydrogen-bond acceptors (Lipinski definition) is 6. The first kappa shape index (κ1) is 14.7. The number of carbonyl (C=O) groups is 2. The number of nitrogens with two attached hydrogens (primary N) is 1. The Morgan fingerprint density at radius 3 is 2.78 bits per heavy atom. The minimum absolute atomic E-state index is 0.0944. The lowest BCUT2D eigenvalue weighted by Gasteiger charge is -2.30. The highest BCUT2D eigenvalue weighted by molar-refractivity contribution is 6.45. The molecule has 1 aliphatic rings. The maximum absolute atomic E-state index is 11.2. The van der Waals surface area contributed by atoms with E-state index in [2.05, 4.69) is 5.32 Å². The Morgan fingerprint density at radius 2 is 2.22 bits per heavy atom. The second-order valence-corrected chi connectivity index (χ2v) is 4.00. The zero-order chi connectivity index (χ0) is 13.5. The van der Waals surface area contributed by atoms with Crippen LogP contribution < -0.4 is 11.1 Å². The zero-order valence-electron chi connectivity index (χ0n) is 9.87. The highest BCUT2D eigenvalue weighted by Gasteiger charge is 2.36. The van der Waals surface area contributed by atoms with Crippen molar-refractivity contribution in [3.8, 4) is 0 Å². The summed E-state index contributed by atoms with van der Waals surface area (Å²) in [5.41, 5.74) is 5.17. The summed E-state index contributed by atoms with van der Waals surface area (Å²) in [7, 11) is -1.23. The Kier molecular flexibility index (Phi) is 5.89. The van der Waals surface area contributed by atoms with Crippen LogP contribution in [0.25, 0.3) is 0 Å². The van der Waals surface area contributed by atoms with E-state index in [1.165, 1.54) is 0 Å². The summed E-state index contributed by atoms with van der Waals surface area (Å²) in [5, 5.41) is 20.7. The van der Waals surface area contributed by atoms with Crippen molar-refractivity contribution in [1.82, 2.24) is 5.32 Å². The standard InChI is InChI=1S/C9H17BN2O6/c11-3-4-17-9(15)12-7-2-1-6(5-8(13)14)18-10(7)16/h6-7,16H,1-5,11H2,(H,12,15)(H,13,14)/t6-,7-/m0/s1. The number of carboxylic acid groups (broad SMARTS) is 1. The topological polar surface area (TPSA) is 131 Å². The molecular formula is C9H17BN2O6. The van der Waals surface area contributed by atoms with E-state index in [1.54, 1.807) is 0 Å². The summed E-state index contributed by atoms with van der Waals surface area (Å²) in [6.07, 6.45) is -0.496. The molecule has 0 aromatic carbocycles. The molecule has 2 atom stereocenters. The van der Waals surface area contributed by atoms with Crippen LogP contribution in [0.15, 0.2) is 0 Å². The van der Waals surface area contributed by atoms with Crippen molar-refractivity contribution in [2.24, 2.45) is 5.73 Å². The van der Waals surface area contributed by atoms with E-state index in [9.17, 15) is 14.6 Å². The van der Waals surface area contributed by atoms with E-state index in [4.69, 9.17) is 20.2 Å². The number of carbonyl (C=O) groups excluding carboxylic acids is 1. The van der Waals surface area contributed by atoms with Gasteiger partial charge in [-0.05, 0) is 12.8 Å². The molecule has 0 bridgehead atoms. The van der Waals surface area contributed by atoms with Crippen LogP contribution in [-0.2, 0) is 14.2 Å². The molecule has 1 saturated heterocycles. The van der Waals surface area contributed by atoms with E-state index in [1.807, 2.05) is 0 Å². The number of rotatable bonds is 5. The molecule has 0 aromatic heterocycles. The first-order chi connectivity index (χ1) is 8.52. The molecule has 0 saturated carbocycles. The molecule has 1 aliphatic heterocycles. The Bertz CT molecular complexity index is 303. The number of aliphatic carboxylic acids is 1. The molecule has 5 N–H and O–H groups in total. The highest BCUT2D eigenvalue weighted by Crippen LogP contribution is 2.18. The molecule has 9 heteroatoms. The van der Waals surface area contributed by atoms with Crippen LogP contribution in [0.1, 0.15) is 19.3 Å². The van der Waals surface area contributed by atoms with Crippen molar-refractivity contribution in [3.63, 3.8) is 0 Å². The number of nitrogens with one attached hydrogen (secondary N) is 1. The molecule has 1 fully saturated rings. The van der Waals surface area contributed by atoms with E-state index in [-0.39, 0.29) is 19.6 Å². The lowest BCUT2D eigenvalue weighted by atomic mass is 9.72. The van der Waals surface area contributed by atoms with Gasteiger partial charge in [-0.3, -0.25) is 4.79 Å². The monoisotopic (exact) mass is 260 g/mol. The quantitative estimate of drug-likeness (QED) is 0.452. The van der Waals surface area contributed by atoms with Crippen molar-refractivity contribution < 1.29 is 29.1 Å². The normalized spacial score (nSPS) is 23.6. The van der Waals surface area contributed by atoms with Gasteiger partial charge in [0.1, 0.15) is 6.61 Å². The van der Waals surface area contributed by atoms with Gasteiger partial charge >= 0.3 is 19.2 Å². The molecule has 0 aliphatic carbocycles. The van der Waals surface area contributed by atoms with Crippen molar-refractivity contribution in [3.05, 3.63) is 0 Å². The Hall–Kier alpha value is -1.32. The van der Waals surface area contributed by atoms with E-state index in [0.29, 0.717) is 12.8 Å². The van der Waals surface area contributed by atoms with Crippen LogP contribution in [0.4, 0.5) is 4.79 Å². The van der Waals surface area contributed by atoms with Gasteiger partial charge in [0.15, 0.2) is 0 Å². The molecule has 1 heterocycles. The second-order valence-electron chi connectivity index (χ2n) is 4.00. The first-order valence-electron chi connectivity index (χ1n) is 5.71. The van der Waals surface area contributed by atoms with E-state index in [0.717, 1.165) is 0 Å². The van der Waals surface area contributed by atoms with Gasteiger partial charge in [0.2, 0.25) is 0 Å². The predicted octanol–water partition coefficient (Wildman–Crippen LogP) is -1.29. The average Bonchev–Trinajstić information content (AvgIpc) is 2.29. The van der Waals surface area contributed by atoms with Crippen LogP contribution in [0.3, 0.4) is 0 Å². The molecule has 18 heavy (non-hydrogen) atoms. The Labute approximate surface area is 105 Å². The molecule has 0 unspecified atom stereocenters. The van der Waals surface area contributed by atoms with E-state index < -0.39 is 31.2 Å². The molecule has 1 rings (SSSR count). The molecule has 1 amide bonds. The molecule has 8 nitrogen and oxygen atoms in total. The Morgan fingerprint density at radius 1 is 1.50 bits per heavy atom. The van der Waals surface area contributed by atoms with Crippen molar-refractivity contribution in [2.75, 3.05) is 13.2 Å². The molecule has 0 radical (unpaired) electrons. The summed E-state index contributed by atoms with van der Waals surface area (Å²) in [6, 6.07) is 0. The van der Waals surface area contributed by atoms with Crippen molar-refractivity contribution >= 4 is 19.2 Å². The maximum Gasteiger partial charge on any atom is 0.478 e. The molecule has 0 spiro atoms. The van der Waals surface area contributed by atoms with Gasteiger partial charge in [0.25, 0.3) is 0 Å². The van der Waals surface area contributed by atoms with Gasteiger partial charge < -0.3 is 30.6 Å². The van der Waals surface area contributed by atoms with Gasteiger partial charge in [-0.2, -0.15) is 0 Å². The minimum Gasteiger partial charge on any atom is -0.481 e. The van der Waals surface area contributed by atoms with Crippen LogP contribution >= 0.6 is 0 Å². The van der Waals surface area contributed by atoms with Gasteiger partial charge in [0.05, 0.1) is 18.5 Å². The third-order valence-electron chi connectivity index (χ3n) is 2.53. The second kappa shape index (κ2) is 7.19. The number of amides is 1. The molecule has 102 valence electrons. The number of carboxylic acids is 1. The zero-order valence-corrected chi connectivity index (χ0v) is 9.87. The van der Waals surface area contributed by atoms with Crippen molar-refractivity contribution in [2.45, 2.75) is 31.3 Å². The van der Waals surface area contributed by atoms with Crippen LogP contribution in [-0.4, -0.2) is 54.5 Å². The molecular weight excluding hydrogens is 243 g/mol. The summed E-state index contributed by atoms with van der Waals surface area (Å²) in [4.78, 5) is 21.7. The fourth-order valence-corrected chi connectivity index (χ4v) is 1.70. The predicted molar refractivity (Wildman–Crippen MR) is 61.7 cm³/mol. The number of ether oxygens (including phenoxy) is 1. The van der Waals surface area contributed by atoms with Gasteiger partial charge in [-0.1, -0.05) is 0 Å². The SMILES string of the molecule is NCCOC(=O)N[C@H]1CC[C@@H](CC(=O)O)OB1O. The van der Waals surface area contributed by atoms with Gasteiger partial charge in [-0.25, -0.2) is 4.79 Å².